The summed E-state index contributed by atoms with van der Waals surface area (Å²) in [5, 5.41) is 0. The molecule has 0 atom stereocenters. The van der Waals surface area contributed by atoms with E-state index in [1.54, 1.807) is 18.2 Å². The van der Waals surface area contributed by atoms with Crippen molar-refractivity contribution in [1.29, 1.82) is 0 Å². The Bertz CT molecular complexity index is 515. The van der Waals surface area contributed by atoms with Gasteiger partial charge < -0.3 is 4.55 Å². The molecule has 0 amide bonds. The summed E-state index contributed by atoms with van der Waals surface area (Å²) in [4.78, 5) is -0.0501. The first-order chi connectivity index (χ1) is 10.6. The van der Waals surface area contributed by atoms with Gasteiger partial charge in [-0.2, -0.15) is 0 Å². The Hall–Kier alpha value is 0.130. The van der Waals surface area contributed by atoms with Crippen molar-refractivity contribution >= 4 is 10.1 Å². The average molecular weight is 365 g/mol. The maximum absolute atomic E-state index is 11.2. The molecule has 0 aliphatic heterocycles. The number of benzene rings is 1. The topological polar surface area (TPSA) is 57.2 Å². The number of rotatable bonds is 12. The van der Waals surface area contributed by atoms with Gasteiger partial charge in [-0.05, 0) is 24.5 Å². The van der Waals surface area contributed by atoms with Crippen LogP contribution in [0.3, 0.4) is 0 Å². The van der Waals surface area contributed by atoms with E-state index >= 15 is 0 Å². The molecule has 0 heterocycles. The summed E-state index contributed by atoms with van der Waals surface area (Å²) in [5.41, 5.74) is 0.664. The quantitative estimate of drug-likeness (QED) is 0.325. The van der Waals surface area contributed by atoms with Gasteiger partial charge in [0.25, 0.3) is 0 Å². The van der Waals surface area contributed by atoms with Gasteiger partial charge in [-0.15, -0.1) is 0 Å². The summed E-state index contributed by atoms with van der Waals surface area (Å²) in [6.45, 7) is 2.23. The van der Waals surface area contributed by atoms with Crippen molar-refractivity contribution < 1.29 is 42.5 Å². The molecule has 1 rings (SSSR count). The summed E-state index contributed by atoms with van der Waals surface area (Å²) in [6, 6.07) is 6.56. The van der Waals surface area contributed by atoms with Crippen LogP contribution in [0.2, 0.25) is 0 Å². The molecular formula is C19H33NaO3S. The van der Waals surface area contributed by atoms with E-state index < -0.39 is 10.1 Å². The molecule has 0 aromatic heterocycles. The second-order valence-electron chi connectivity index (χ2n) is 5.99. The number of hydrogen-bond acceptors (Lipinski definition) is 3. The van der Waals surface area contributed by atoms with Crippen LogP contribution < -0.4 is 29.6 Å². The van der Waals surface area contributed by atoms with E-state index in [4.69, 9.17) is 0 Å². The van der Waals surface area contributed by atoms with Crippen LogP contribution in [0.4, 0.5) is 0 Å². The second kappa shape index (κ2) is 15.4. The van der Waals surface area contributed by atoms with Crippen LogP contribution >= 0.6 is 0 Å². The Balaban J connectivity index is 0. The van der Waals surface area contributed by atoms with Crippen molar-refractivity contribution in [2.75, 3.05) is 0 Å². The summed E-state index contributed by atoms with van der Waals surface area (Å²) >= 11 is 0. The van der Waals surface area contributed by atoms with Crippen LogP contribution in [0.25, 0.3) is 0 Å². The molecule has 0 aliphatic carbocycles. The fourth-order valence-corrected chi connectivity index (χ4v) is 3.49. The van der Waals surface area contributed by atoms with Gasteiger partial charge in [-0.1, -0.05) is 90.3 Å². The molecule has 0 saturated carbocycles. The number of aryl methyl sites for hydroxylation is 1. The van der Waals surface area contributed by atoms with Gasteiger partial charge in [-0.3, -0.25) is 0 Å². The van der Waals surface area contributed by atoms with Gasteiger partial charge in [0.15, 0.2) is 0 Å². The maximum Gasteiger partial charge on any atom is 1.00 e. The van der Waals surface area contributed by atoms with Gasteiger partial charge in [0.05, 0.1) is 4.90 Å². The van der Waals surface area contributed by atoms with Gasteiger partial charge in [0.2, 0.25) is 0 Å². The summed E-state index contributed by atoms with van der Waals surface area (Å²) < 4.78 is 33.5. The Morgan fingerprint density at radius 1 is 0.833 bits per heavy atom. The average Bonchev–Trinajstić information content (AvgIpc) is 2.48. The molecule has 1 aromatic carbocycles. The second-order valence-corrected chi connectivity index (χ2v) is 7.34. The third-order valence-corrected chi connectivity index (χ3v) is 4.98. The Morgan fingerprint density at radius 2 is 1.29 bits per heavy atom. The number of hydrogen-bond donors (Lipinski definition) is 0. The van der Waals surface area contributed by atoms with Crippen molar-refractivity contribution in [3.05, 3.63) is 29.8 Å². The molecule has 0 saturated heterocycles. The minimum atomic E-state index is -4.35. The van der Waals surface area contributed by atoms with E-state index in [9.17, 15) is 13.0 Å². The van der Waals surface area contributed by atoms with E-state index in [1.807, 2.05) is 0 Å². The third-order valence-electron chi connectivity index (χ3n) is 4.04. The predicted molar refractivity (Wildman–Crippen MR) is 96.7 cm³/mol. The van der Waals surface area contributed by atoms with Crippen molar-refractivity contribution in [2.24, 2.45) is 0 Å². The Labute approximate surface area is 171 Å². The van der Waals surface area contributed by atoms with E-state index in [0.29, 0.717) is 12.0 Å². The molecule has 134 valence electrons. The van der Waals surface area contributed by atoms with Crippen LogP contribution in [-0.2, 0) is 16.5 Å². The third kappa shape index (κ3) is 11.6. The van der Waals surface area contributed by atoms with Gasteiger partial charge >= 0.3 is 29.6 Å². The monoisotopic (exact) mass is 364 g/mol. The first kappa shape index (κ1) is 26.4. The van der Waals surface area contributed by atoms with Gasteiger partial charge in [-0.25, -0.2) is 8.42 Å². The van der Waals surface area contributed by atoms with E-state index in [1.165, 1.54) is 57.4 Å². The molecule has 0 spiro atoms. The largest absolute Gasteiger partial charge is 1.00 e. The maximum atomic E-state index is 11.2. The smallest absolute Gasteiger partial charge is 0.744 e. The Morgan fingerprint density at radius 3 is 1.79 bits per heavy atom. The fourth-order valence-electron chi connectivity index (χ4n) is 2.76. The molecule has 3 nitrogen and oxygen atoms in total. The minimum Gasteiger partial charge on any atom is -0.744 e. The zero-order chi connectivity index (χ0) is 16.3. The van der Waals surface area contributed by atoms with Crippen molar-refractivity contribution in [3.8, 4) is 0 Å². The van der Waals surface area contributed by atoms with Crippen LogP contribution in [0, 0.1) is 0 Å². The SMILES string of the molecule is C.CCCCCCCCCCCCc1ccccc1S(=O)(=O)[O-].[Na+]. The molecule has 0 bridgehead atoms. The molecule has 0 aliphatic rings. The van der Waals surface area contributed by atoms with Crippen molar-refractivity contribution in [2.45, 2.75) is 89.9 Å². The molecule has 1 aromatic rings. The zero-order valence-corrected chi connectivity index (χ0v) is 17.5. The van der Waals surface area contributed by atoms with Crippen LogP contribution in [0.5, 0.6) is 0 Å². The molecule has 24 heavy (non-hydrogen) atoms. The first-order valence-electron chi connectivity index (χ1n) is 8.59. The van der Waals surface area contributed by atoms with Crippen LogP contribution in [-0.4, -0.2) is 13.0 Å². The number of unbranched alkanes of at least 4 members (excludes halogenated alkanes) is 9. The molecular weight excluding hydrogens is 331 g/mol. The molecule has 0 N–H and O–H groups in total. The van der Waals surface area contributed by atoms with Crippen molar-refractivity contribution in [3.63, 3.8) is 0 Å². The molecule has 0 fully saturated rings. The standard InChI is InChI=1S/C18H30O3S.CH4.Na/c1-2-3-4-5-6-7-8-9-10-11-14-17-15-12-13-16-18(17)22(19,20)21;;/h12-13,15-16H,2-11,14H2,1H3,(H,19,20,21);1H4;/q;;+1/p-1. The summed E-state index contributed by atoms with van der Waals surface area (Å²) in [5.74, 6) is 0. The minimum absolute atomic E-state index is 0. The normalized spacial score (nSPS) is 10.8. The van der Waals surface area contributed by atoms with E-state index in [0.717, 1.165) is 12.8 Å². The summed E-state index contributed by atoms with van der Waals surface area (Å²) in [6.07, 6.45) is 13.2. The van der Waals surface area contributed by atoms with Crippen LogP contribution in [0.15, 0.2) is 29.2 Å². The molecule has 5 heteroatoms. The van der Waals surface area contributed by atoms with Crippen molar-refractivity contribution in [1.82, 2.24) is 0 Å². The van der Waals surface area contributed by atoms with Gasteiger partial charge in [0.1, 0.15) is 10.1 Å². The van der Waals surface area contributed by atoms with E-state index in [2.05, 4.69) is 6.92 Å². The van der Waals surface area contributed by atoms with E-state index in [-0.39, 0.29) is 41.9 Å². The first-order valence-corrected chi connectivity index (χ1v) is 10.0. The fraction of sp³-hybridized carbons (Fsp3) is 0.684. The van der Waals surface area contributed by atoms with Gasteiger partial charge in [0, 0.05) is 0 Å². The zero-order valence-electron chi connectivity index (χ0n) is 14.7. The Kier molecular flexibility index (Phi) is 16.9. The molecule has 0 radical (unpaired) electrons. The molecule has 0 unspecified atom stereocenters. The summed E-state index contributed by atoms with van der Waals surface area (Å²) in [7, 11) is -4.35. The van der Waals surface area contributed by atoms with Crippen LogP contribution in [0.1, 0.15) is 84.1 Å². The predicted octanol–water partition coefficient (Wildman–Crippen LogP) is 2.69.